The monoisotopic (exact) mass is 255 g/mol. The lowest BCUT2D eigenvalue weighted by atomic mass is 9.94. The largest absolute Gasteiger partial charge is 0.386 e. The van der Waals surface area contributed by atoms with E-state index >= 15 is 0 Å². The molecule has 84 valence electrons. The van der Waals surface area contributed by atoms with Gasteiger partial charge in [0.05, 0.1) is 15.8 Å². The number of hydrogen-bond donors (Lipinski definition) is 1. The van der Waals surface area contributed by atoms with E-state index in [0.717, 1.165) is 11.3 Å². The molecule has 1 aliphatic heterocycles. The first-order valence-corrected chi connectivity index (χ1v) is 5.69. The molecule has 1 aliphatic rings. The predicted molar refractivity (Wildman–Crippen MR) is 68.4 cm³/mol. The summed E-state index contributed by atoms with van der Waals surface area (Å²) < 4.78 is 0. The van der Waals surface area contributed by atoms with Crippen molar-refractivity contribution in [1.29, 1.82) is 0 Å². The van der Waals surface area contributed by atoms with Crippen molar-refractivity contribution in [2.45, 2.75) is 13.3 Å². The molecule has 5 heteroatoms. The Labute approximate surface area is 104 Å². The highest BCUT2D eigenvalue weighted by atomic mass is 35.5. The molecule has 0 aromatic heterocycles. The molecular weight excluding hydrogens is 245 g/mol. The van der Waals surface area contributed by atoms with E-state index in [2.05, 4.69) is 10.2 Å². The summed E-state index contributed by atoms with van der Waals surface area (Å²) in [7, 11) is 0. The molecule has 0 saturated heterocycles. The van der Waals surface area contributed by atoms with E-state index in [1.54, 1.807) is 18.2 Å². The van der Waals surface area contributed by atoms with Crippen molar-refractivity contribution in [1.82, 2.24) is 0 Å². The molecular formula is C11H11Cl2N3. The second-order valence-electron chi connectivity index (χ2n) is 3.78. The van der Waals surface area contributed by atoms with E-state index in [1.165, 1.54) is 0 Å². The number of rotatable bonds is 1. The maximum Gasteiger partial charge on any atom is 0.123 e. The van der Waals surface area contributed by atoms with Gasteiger partial charge in [0.15, 0.2) is 0 Å². The minimum atomic E-state index is 0.176. The fraction of sp³-hybridized carbons (Fsp3) is 0.273. The van der Waals surface area contributed by atoms with Crippen LogP contribution < -0.4 is 5.73 Å². The summed E-state index contributed by atoms with van der Waals surface area (Å²) in [6.45, 7) is 2.03. The summed E-state index contributed by atoms with van der Waals surface area (Å²) in [6.07, 6.45) is 0.681. The van der Waals surface area contributed by atoms with Crippen molar-refractivity contribution < 1.29 is 0 Å². The van der Waals surface area contributed by atoms with Gasteiger partial charge in [0.2, 0.25) is 0 Å². The Kier molecular flexibility index (Phi) is 3.17. The molecule has 0 spiro atoms. The van der Waals surface area contributed by atoms with Crippen LogP contribution in [0.2, 0.25) is 10.0 Å². The van der Waals surface area contributed by atoms with Gasteiger partial charge >= 0.3 is 0 Å². The van der Waals surface area contributed by atoms with Gasteiger partial charge in [0.25, 0.3) is 0 Å². The normalized spacial score (nSPS) is 20.3. The Hall–Kier alpha value is -1.06. The van der Waals surface area contributed by atoms with Crippen molar-refractivity contribution >= 4 is 34.7 Å². The Morgan fingerprint density at radius 3 is 2.44 bits per heavy atom. The molecule has 0 fully saturated rings. The predicted octanol–water partition coefficient (Wildman–Crippen LogP) is 3.09. The second kappa shape index (κ2) is 4.44. The second-order valence-corrected chi connectivity index (χ2v) is 4.59. The third-order valence-corrected chi connectivity index (χ3v) is 3.12. The summed E-state index contributed by atoms with van der Waals surface area (Å²) in [4.78, 5) is 0. The molecule has 0 aliphatic carbocycles. The van der Waals surface area contributed by atoms with Gasteiger partial charge in [0.1, 0.15) is 5.84 Å². The van der Waals surface area contributed by atoms with Crippen LogP contribution in [0.25, 0.3) is 0 Å². The van der Waals surface area contributed by atoms with Gasteiger partial charge in [0, 0.05) is 17.9 Å². The van der Waals surface area contributed by atoms with Crippen molar-refractivity contribution in [3.63, 3.8) is 0 Å². The van der Waals surface area contributed by atoms with Crippen LogP contribution in [0, 0.1) is 5.92 Å². The number of nitrogens with two attached hydrogens (primary N) is 1. The first-order chi connectivity index (χ1) is 7.59. The summed E-state index contributed by atoms with van der Waals surface area (Å²) in [5.41, 5.74) is 7.17. The zero-order valence-corrected chi connectivity index (χ0v) is 10.3. The molecule has 1 unspecified atom stereocenters. The summed E-state index contributed by atoms with van der Waals surface area (Å²) in [6, 6.07) is 5.39. The maximum absolute atomic E-state index is 6.12. The molecule has 0 amide bonds. The Morgan fingerprint density at radius 1 is 1.25 bits per heavy atom. The Balaban J connectivity index is 2.52. The van der Waals surface area contributed by atoms with Crippen molar-refractivity contribution in [2.75, 3.05) is 0 Å². The number of benzene rings is 1. The highest BCUT2D eigenvalue weighted by molar-refractivity contribution is 6.40. The Bertz CT molecular complexity index is 460. The lowest BCUT2D eigenvalue weighted by Crippen LogP contribution is -2.25. The van der Waals surface area contributed by atoms with Gasteiger partial charge in [-0.2, -0.15) is 5.10 Å². The quantitative estimate of drug-likeness (QED) is 0.824. The third kappa shape index (κ3) is 2.06. The molecule has 2 rings (SSSR count). The highest BCUT2D eigenvalue weighted by Crippen LogP contribution is 2.29. The van der Waals surface area contributed by atoms with Gasteiger partial charge in [-0.05, 0) is 12.1 Å². The number of amidine groups is 1. The molecule has 1 atom stereocenters. The van der Waals surface area contributed by atoms with Crippen molar-refractivity contribution in [3.8, 4) is 0 Å². The molecule has 1 aromatic carbocycles. The summed E-state index contributed by atoms with van der Waals surface area (Å²) in [5, 5.41) is 9.16. The average molecular weight is 256 g/mol. The molecule has 0 bridgehead atoms. The molecule has 1 heterocycles. The van der Waals surface area contributed by atoms with Gasteiger partial charge < -0.3 is 5.73 Å². The molecule has 3 nitrogen and oxygen atoms in total. The van der Waals surface area contributed by atoms with Crippen molar-refractivity contribution in [3.05, 3.63) is 33.8 Å². The van der Waals surface area contributed by atoms with Gasteiger partial charge in [-0.1, -0.05) is 36.2 Å². The van der Waals surface area contributed by atoms with E-state index in [4.69, 9.17) is 28.9 Å². The summed E-state index contributed by atoms with van der Waals surface area (Å²) in [5.74, 6) is 0.717. The molecule has 2 N–H and O–H groups in total. The fourth-order valence-corrected chi connectivity index (χ4v) is 2.30. The minimum Gasteiger partial charge on any atom is -0.386 e. The molecule has 16 heavy (non-hydrogen) atoms. The first kappa shape index (κ1) is 11.4. The van der Waals surface area contributed by atoms with Crippen LogP contribution in [-0.4, -0.2) is 11.5 Å². The maximum atomic E-state index is 6.12. The average Bonchev–Trinajstić information content (AvgIpc) is 2.20. The third-order valence-electron chi connectivity index (χ3n) is 2.49. The lowest BCUT2D eigenvalue weighted by Gasteiger charge is -2.18. The topological polar surface area (TPSA) is 50.7 Å². The molecule has 0 radical (unpaired) electrons. The van der Waals surface area contributed by atoms with E-state index in [1.807, 2.05) is 6.92 Å². The van der Waals surface area contributed by atoms with Crippen LogP contribution >= 0.6 is 23.2 Å². The lowest BCUT2D eigenvalue weighted by molar-refractivity contribution is 0.783. The van der Waals surface area contributed by atoms with Gasteiger partial charge in [-0.3, -0.25) is 0 Å². The number of hydrogen-bond acceptors (Lipinski definition) is 3. The zero-order valence-electron chi connectivity index (χ0n) is 8.74. The SMILES string of the molecule is CC1CC(N)=NN=C1c1c(Cl)cccc1Cl. The van der Waals surface area contributed by atoms with E-state index < -0.39 is 0 Å². The van der Waals surface area contributed by atoms with Crippen LogP contribution in [-0.2, 0) is 0 Å². The van der Waals surface area contributed by atoms with E-state index in [9.17, 15) is 0 Å². The van der Waals surface area contributed by atoms with Crippen LogP contribution in [0.15, 0.2) is 28.4 Å². The van der Waals surface area contributed by atoms with Gasteiger partial charge in [-0.25, -0.2) is 0 Å². The smallest absolute Gasteiger partial charge is 0.123 e. The zero-order chi connectivity index (χ0) is 11.7. The Morgan fingerprint density at radius 2 is 1.88 bits per heavy atom. The number of halogens is 2. The molecule has 1 aromatic rings. The summed E-state index contributed by atoms with van der Waals surface area (Å²) >= 11 is 12.2. The highest BCUT2D eigenvalue weighted by Gasteiger charge is 2.22. The van der Waals surface area contributed by atoms with Crippen LogP contribution in [0.5, 0.6) is 0 Å². The van der Waals surface area contributed by atoms with E-state index in [0.29, 0.717) is 22.3 Å². The van der Waals surface area contributed by atoms with Crippen LogP contribution in [0.3, 0.4) is 0 Å². The van der Waals surface area contributed by atoms with Crippen LogP contribution in [0.4, 0.5) is 0 Å². The van der Waals surface area contributed by atoms with Crippen molar-refractivity contribution in [2.24, 2.45) is 21.9 Å². The standard InChI is InChI=1S/C11H11Cl2N3/c1-6-5-9(14)15-16-11(6)10-7(12)3-2-4-8(10)13/h2-4,6H,5H2,1H3,(H2,14,15). The van der Waals surface area contributed by atoms with E-state index in [-0.39, 0.29) is 5.92 Å². The fourth-order valence-electron chi connectivity index (χ4n) is 1.71. The first-order valence-electron chi connectivity index (χ1n) is 4.94. The molecule has 0 saturated carbocycles. The number of nitrogens with zero attached hydrogens (tertiary/aromatic N) is 2. The van der Waals surface area contributed by atoms with Crippen LogP contribution in [0.1, 0.15) is 18.9 Å². The van der Waals surface area contributed by atoms with Gasteiger partial charge in [-0.15, -0.1) is 5.10 Å². The minimum absolute atomic E-state index is 0.176.